The van der Waals surface area contributed by atoms with E-state index in [9.17, 15) is 4.79 Å². The molecule has 1 atom stereocenters. The summed E-state index contributed by atoms with van der Waals surface area (Å²) in [6.45, 7) is 8.02. The molecule has 1 aliphatic heterocycles. The molecular weight excluding hydrogens is 358 g/mol. The van der Waals surface area contributed by atoms with Gasteiger partial charge in [-0.05, 0) is 67.6 Å². The summed E-state index contributed by atoms with van der Waals surface area (Å²) in [5.41, 5.74) is 0.683. The quantitative estimate of drug-likeness (QED) is 0.804. The first kappa shape index (κ1) is 18.2. The lowest BCUT2D eigenvalue weighted by molar-refractivity contribution is 0.00993. The van der Waals surface area contributed by atoms with E-state index in [0.29, 0.717) is 0 Å². The van der Waals surface area contributed by atoms with Gasteiger partial charge in [0.25, 0.3) is 0 Å². The zero-order valence-electron chi connectivity index (χ0n) is 14.1. The van der Waals surface area contributed by atoms with Crippen LogP contribution < -0.4 is 5.32 Å². The molecule has 2 heterocycles. The zero-order valence-corrected chi connectivity index (χ0v) is 15.7. The number of pyridine rings is 1. The Labute approximate surface area is 146 Å². The highest BCUT2D eigenvalue weighted by Crippen LogP contribution is 2.20. The number of nitrogens with zero attached hydrogens (tertiary/aromatic N) is 2. The number of halogens is 1. The van der Waals surface area contributed by atoms with Gasteiger partial charge in [0.2, 0.25) is 0 Å². The van der Waals surface area contributed by atoms with Crippen molar-refractivity contribution in [3.63, 3.8) is 0 Å². The van der Waals surface area contributed by atoms with Crippen molar-refractivity contribution in [3.8, 4) is 0 Å². The number of nitrogens with one attached hydrogen (secondary N) is 1. The van der Waals surface area contributed by atoms with Crippen molar-refractivity contribution in [1.82, 2.24) is 15.2 Å². The molecule has 1 aromatic rings. The van der Waals surface area contributed by atoms with Gasteiger partial charge < -0.3 is 15.0 Å². The first-order valence-corrected chi connectivity index (χ1v) is 8.95. The van der Waals surface area contributed by atoms with E-state index in [1.807, 2.05) is 44.0 Å². The van der Waals surface area contributed by atoms with E-state index >= 15 is 0 Å². The lowest BCUT2D eigenvalue weighted by atomic mass is 10.0. The molecule has 0 aromatic carbocycles. The summed E-state index contributed by atoms with van der Waals surface area (Å²) in [7, 11) is 0. The molecule has 0 saturated carbocycles. The maximum absolute atomic E-state index is 12.4. The fourth-order valence-electron chi connectivity index (χ4n) is 2.67. The summed E-state index contributed by atoms with van der Waals surface area (Å²) >= 11 is 3.33. The molecule has 0 aliphatic carbocycles. The average Bonchev–Trinajstić information content (AvgIpc) is 2.48. The fourth-order valence-corrected chi connectivity index (χ4v) is 2.90. The van der Waals surface area contributed by atoms with Crippen LogP contribution in [0.5, 0.6) is 0 Å². The van der Waals surface area contributed by atoms with Crippen molar-refractivity contribution in [2.75, 3.05) is 13.1 Å². The van der Waals surface area contributed by atoms with Gasteiger partial charge in [-0.1, -0.05) is 6.07 Å². The van der Waals surface area contributed by atoms with Crippen LogP contribution in [0.15, 0.2) is 22.9 Å². The van der Waals surface area contributed by atoms with Crippen LogP contribution in [0.4, 0.5) is 4.79 Å². The summed E-state index contributed by atoms with van der Waals surface area (Å²) in [4.78, 5) is 18.5. The van der Waals surface area contributed by atoms with Crippen molar-refractivity contribution in [3.05, 3.63) is 28.5 Å². The second kappa shape index (κ2) is 8.11. The minimum absolute atomic E-state index is 0.196. The summed E-state index contributed by atoms with van der Waals surface area (Å²) < 4.78 is 6.37. The largest absolute Gasteiger partial charge is 0.444 e. The lowest BCUT2D eigenvalue weighted by Gasteiger charge is -2.37. The minimum atomic E-state index is -0.449. The normalized spacial score (nSPS) is 18.8. The number of rotatable bonds is 4. The van der Waals surface area contributed by atoms with Gasteiger partial charge in [0.1, 0.15) is 10.2 Å². The summed E-state index contributed by atoms with van der Waals surface area (Å²) in [6, 6.07) is 4.17. The monoisotopic (exact) mass is 383 g/mol. The van der Waals surface area contributed by atoms with E-state index in [1.165, 1.54) is 0 Å². The molecule has 0 spiro atoms. The maximum Gasteiger partial charge on any atom is 0.410 e. The second-order valence-electron chi connectivity index (χ2n) is 6.94. The van der Waals surface area contributed by atoms with Crippen LogP contribution >= 0.6 is 15.9 Å². The Morgan fingerprint density at radius 3 is 2.87 bits per heavy atom. The van der Waals surface area contributed by atoms with Crippen molar-refractivity contribution >= 4 is 22.0 Å². The Hall–Kier alpha value is -1.14. The Morgan fingerprint density at radius 1 is 1.43 bits per heavy atom. The van der Waals surface area contributed by atoms with Gasteiger partial charge in [0, 0.05) is 31.9 Å². The molecule has 1 aromatic heterocycles. The topological polar surface area (TPSA) is 54.5 Å². The smallest absolute Gasteiger partial charge is 0.410 e. The Balaban J connectivity index is 1.86. The molecule has 2 rings (SSSR count). The highest BCUT2D eigenvalue weighted by atomic mass is 79.9. The zero-order chi connectivity index (χ0) is 16.9. The molecule has 0 radical (unpaired) electrons. The SMILES string of the molecule is CC(C)(C)OC(=O)N1CCCC[C@@H]1CNCc1ccc(Br)nc1. The highest BCUT2D eigenvalue weighted by molar-refractivity contribution is 9.10. The van der Waals surface area contributed by atoms with Gasteiger partial charge in [-0.25, -0.2) is 9.78 Å². The average molecular weight is 384 g/mol. The molecule has 5 nitrogen and oxygen atoms in total. The number of hydrogen-bond donors (Lipinski definition) is 1. The first-order valence-electron chi connectivity index (χ1n) is 8.16. The summed E-state index contributed by atoms with van der Waals surface area (Å²) in [5.74, 6) is 0. The van der Waals surface area contributed by atoms with Crippen molar-refractivity contribution < 1.29 is 9.53 Å². The lowest BCUT2D eigenvalue weighted by Crippen LogP contribution is -2.50. The van der Waals surface area contributed by atoms with Crippen molar-refractivity contribution in [2.24, 2.45) is 0 Å². The number of carbonyl (C=O) groups excluding carboxylic acids is 1. The Morgan fingerprint density at radius 2 is 2.22 bits per heavy atom. The number of aromatic nitrogens is 1. The molecule has 1 N–H and O–H groups in total. The molecule has 0 bridgehead atoms. The molecule has 1 fully saturated rings. The number of piperidine rings is 1. The predicted molar refractivity (Wildman–Crippen MR) is 94.2 cm³/mol. The number of ether oxygens (including phenoxy) is 1. The maximum atomic E-state index is 12.4. The van der Waals surface area contributed by atoms with Crippen molar-refractivity contribution in [2.45, 2.75) is 58.2 Å². The number of likely N-dealkylation sites (tertiary alicyclic amines) is 1. The molecule has 1 saturated heterocycles. The predicted octanol–water partition coefficient (Wildman–Crippen LogP) is 3.72. The molecule has 128 valence electrons. The summed E-state index contributed by atoms with van der Waals surface area (Å²) in [6.07, 6.45) is 4.88. The Kier molecular flexibility index (Phi) is 6.41. The third-order valence-corrected chi connectivity index (χ3v) is 4.22. The van der Waals surface area contributed by atoms with Crippen LogP contribution in [-0.4, -0.2) is 40.7 Å². The van der Waals surface area contributed by atoms with Crippen LogP contribution in [0, 0.1) is 0 Å². The molecular formula is C17H26BrN3O2. The van der Waals surface area contributed by atoms with Crippen LogP contribution in [-0.2, 0) is 11.3 Å². The third-order valence-electron chi connectivity index (χ3n) is 3.75. The van der Waals surface area contributed by atoms with E-state index < -0.39 is 5.60 Å². The molecule has 0 unspecified atom stereocenters. The van der Waals surface area contributed by atoms with Crippen molar-refractivity contribution in [1.29, 1.82) is 0 Å². The second-order valence-corrected chi connectivity index (χ2v) is 7.76. The van der Waals surface area contributed by atoms with Crippen LogP contribution in [0.1, 0.15) is 45.6 Å². The van der Waals surface area contributed by atoms with Gasteiger partial charge >= 0.3 is 6.09 Å². The van der Waals surface area contributed by atoms with E-state index in [4.69, 9.17) is 4.74 Å². The summed E-state index contributed by atoms with van der Waals surface area (Å²) in [5, 5.41) is 3.43. The first-order chi connectivity index (χ1) is 10.8. The fraction of sp³-hybridized carbons (Fsp3) is 0.647. The molecule has 23 heavy (non-hydrogen) atoms. The van der Waals surface area contributed by atoms with Gasteiger partial charge in [-0.2, -0.15) is 0 Å². The van der Waals surface area contributed by atoms with Gasteiger partial charge in [0.05, 0.1) is 0 Å². The number of carbonyl (C=O) groups is 1. The van der Waals surface area contributed by atoms with E-state index in [2.05, 4.69) is 26.2 Å². The molecule has 1 aliphatic rings. The molecule has 6 heteroatoms. The Bertz CT molecular complexity index is 514. The third kappa shape index (κ3) is 6.11. The number of hydrogen-bond acceptors (Lipinski definition) is 4. The van der Waals surface area contributed by atoms with Crippen LogP contribution in [0.25, 0.3) is 0 Å². The molecule has 1 amide bonds. The van der Waals surface area contributed by atoms with E-state index in [1.54, 1.807) is 0 Å². The standard InChI is InChI=1S/C17H26BrN3O2/c1-17(2,3)23-16(22)21-9-5-4-6-14(21)12-19-10-13-7-8-15(18)20-11-13/h7-8,11,14,19H,4-6,9-10,12H2,1-3H3/t14-/m1/s1. The number of amides is 1. The van der Waals surface area contributed by atoms with E-state index in [0.717, 1.165) is 49.1 Å². The van der Waals surface area contributed by atoms with Crippen LogP contribution in [0.3, 0.4) is 0 Å². The van der Waals surface area contributed by atoms with Gasteiger partial charge in [-0.15, -0.1) is 0 Å². The highest BCUT2D eigenvalue weighted by Gasteiger charge is 2.30. The minimum Gasteiger partial charge on any atom is -0.444 e. The van der Waals surface area contributed by atoms with Gasteiger partial charge in [-0.3, -0.25) is 0 Å². The van der Waals surface area contributed by atoms with Crippen LogP contribution in [0.2, 0.25) is 0 Å². The van der Waals surface area contributed by atoms with E-state index in [-0.39, 0.29) is 12.1 Å². The van der Waals surface area contributed by atoms with Gasteiger partial charge in [0.15, 0.2) is 0 Å².